The average molecular weight is 326 g/mol. The highest BCUT2D eigenvalue weighted by Crippen LogP contribution is 1.97. The monoisotopic (exact) mass is 326 g/mol. The van der Waals surface area contributed by atoms with Crippen LogP contribution < -0.4 is 21.3 Å². The molecule has 2 rings (SSSR count). The van der Waals surface area contributed by atoms with Gasteiger partial charge in [0.25, 0.3) is 11.8 Å². The molecule has 4 N–H and O–H groups in total. The Morgan fingerprint density at radius 1 is 0.583 bits per heavy atom. The van der Waals surface area contributed by atoms with E-state index in [0.29, 0.717) is 11.1 Å². The number of carbonyl (C=O) groups excluding carboxylic acids is 3. The van der Waals surface area contributed by atoms with Crippen molar-refractivity contribution in [1.29, 1.82) is 0 Å². The maximum absolute atomic E-state index is 11.7. The summed E-state index contributed by atoms with van der Waals surface area (Å²) >= 11 is 0. The molecule has 4 amide bonds. The maximum atomic E-state index is 11.7. The lowest BCUT2D eigenvalue weighted by Crippen LogP contribution is -2.46. The first-order valence-electron chi connectivity index (χ1n) is 7.35. The van der Waals surface area contributed by atoms with Gasteiger partial charge < -0.3 is 21.3 Å². The third kappa shape index (κ3) is 5.45. The molecule has 0 saturated carbocycles. The zero-order chi connectivity index (χ0) is 17.2. The van der Waals surface area contributed by atoms with Gasteiger partial charge in [-0.2, -0.15) is 0 Å². The number of urea groups is 1. The van der Waals surface area contributed by atoms with Gasteiger partial charge in [-0.05, 0) is 24.3 Å². The highest BCUT2D eigenvalue weighted by molar-refractivity contribution is 5.94. The van der Waals surface area contributed by atoms with Crippen LogP contribution in [0.2, 0.25) is 0 Å². The quantitative estimate of drug-likeness (QED) is 0.597. The van der Waals surface area contributed by atoms with Crippen LogP contribution in [0, 0.1) is 0 Å². The molecule has 7 nitrogen and oxygen atoms in total. The van der Waals surface area contributed by atoms with Crippen LogP contribution in [0.3, 0.4) is 0 Å². The molecule has 0 atom stereocenters. The molecule has 24 heavy (non-hydrogen) atoms. The van der Waals surface area contributed by atoms with Crippen LogP contribution >= 0.6 is 0 Å². The highest BCUT2D eigenvalue weighted by Gasteiger charge is 2.06. The second kappa shape index (κ2) is 8.94. The molecule has 124 valence electrons. The van der Waals surface area contributed by atoms with Crippen molar-refractivity contribution in [3.8, 4) is 0 Å². The minimum absolute atomic E-state index is 0.0216. The molecule has 0 aliphatic carbocycles. The molecule has 0 aliphatic heterocycles. The Hall–Kier alpha value is -3.35. The van der Waals surface area contributed by atoms with E-state index < -0.39 is 6.03 Å². The van der Waals surface area contributed by atoms with Gasteiger partial charge in [0, 0.05) is 11.1 Å². The molecule has 0 heterocycles. The van der Waals surface area contributed by atoms with Gasteiger partial charge in [0.1, 0.15) is 0 Å². The third-order valence-corrected chi connectivity index (χ3v) is 3.07. The van der Waals surface area contributed by atoms with Crippen LogP contribution in [-0.4, -0.2) is 31.2 Å². The lowest BCUT2D eigenvalue weighted by molar-refractivity contribution is 0.0946. The van der Waals surface area contributed by atoms with E-state index in [9.17, 15) is 14.4 Å². The van der Waals surface area contributed by atoms with Crippen LogP contribution in [0.4, 0.5) is 4.79 Å². The Labute approximate surface area is 139 Å². The Balaban J connectivity index is 1.62. The molecule has 0 bridgehead atoms. The number of benzene rings is 2. The van der Waals surface area contributed by atoms with E-state index in [1.165, 1.54) is 0 Å². The molecule has 0 aliphatic rings. The molecule has 0 radical (unpaired) electrons. The smallest absolute Gasteiger partial charge is 0.317 e. The van der Waals surface area contributed by atoms with Gasteiger partial charge in [0.05, 0.1) is 13.3 Å². The normalized spacial score (nSPS) is 9.67. The third-order valence-electron chi connectivity index (χ3n) is 3.07. The SMILES string of the molecule is O=C(NCNC(=O)c1ccccc1)NCNC(=O)c1ccccc1. The number of carbonyl (C=O) groups is 3. The lowest BCUT2D eigenvalue weighted by atomic mass is 10.2. The van der Waals surface area contributed by atoms with Gasteiger partial charge in [-0.1, -0.05) is 36.4 Å². The summed E-state index contributed by atoms with van der Waals surface area (Å²) in [5.74, 6) is -0.568. The van der Waals surface area contributed by atoms with Crippen molar-refractivity contribution < 1.29 is 14.4 Å². The van der Waals surface area contributed by atoms with Crippen molar-refractivity contribution in [2.24, 2.45) is 0 Å². The van der Waals surface area contributed by atoms with Gasteiger partial charge in [-0.15, -0.1) is 0 Å². The summed E-state index contributed by atoms with van der Waals surface area (Å²) in [5.41, 5.74) is 1.02. The van der Waals surface area contributed by atoms with E-state index in [2.05, 4.69) is 21.3 Å². The average Bonchev–Trinajstić information content (AvgIpc) is 2.63. The number of hydrogen-bond acceptors (Lipinski definition) is 3. The van der Waals surface area contributed by atoms with Gasteiger partial charge in [0.2, 0.25) is 0 Å². The number of rotatable bonds is 6. The van der Waals surface area contributed by atoms with Crippen LogP contribution in [0.5, 0.6) is 0 Å². The van der Waals surface area contributed by atoms with E-state index in [0.717, 1.165) is 0 Å². The summed E-state index contributed by atoms with van der Waals surface area (Å²) in [6, 6.07) is 16.8. The first kappa shape index (κ1) is 17.0. The van der Waals surface area contributed by atoms with Crippen molar-refractivity contribution >= 4 is 17.8 Å². The fourth-order valence-electron chi connectivity index (χ4n) is 1.86. The first-order chi connectivity index (χ1) is 11.7. The Morgan fingerprint density at radius 2 is 0.958 bits per heavy atom. The van der Waals surface area contributed by atoms with Crippen molar-refractivity contribution in [2.45, 2.75) is 0 Å². The van der Waals surface area contributed by atoms with Crippen LogP contribution in [0.25, 0.3) is 0 Å². The molecule has 0 unspecified atom stereocenters. The predicted octanol–water partition coefficient (Wildman–Crippen LogP) is 1.06. The second-order valence-electron chi connectivity index (χ2n) is 4.78. The summed E-state index contributed by atoms with van der Waals surface area (Å²) < 4.78 is 0. The van der Waals surface area contributed by atoms with Gasteiger partial charge >= 0.3 is 6.03 Å². The van der Waals surface area contributed by atoms with Crippen LogP contribution in [0.15, 0.2) is 60.7 Å². The highest BCUT2D eigenvalue weighted by atomic mass is 16.2. The predicted molar refractivity (Wildman–Crippen MR) is 89.2 cm³/mol. The van der Waals surface area contributed by atoms with Crippen molar-refractivity contribution in [3.63, 3.8) is 0 Å². The van der Waals surface area contributed by atoms with Crippen LogP contribution in [0.1, 0.15) is 20.7 Å². The molecule has 0 spiro atoms. The Bertz CT molecular complexity index is 630. The topological polar surface area (TPSA) is 99.3 Å². The fourth-order valence-corrected chi connectivity index (χ4v) is 1.86. The molecule has 2 aromatic carbocycles. The Morgan fingerprint density at radius 3 is 1.33 bits per heavy atom. The zero-order valence-corrected chi connectivity index (χ0v) is 12.9. The molecular formula is C17H18N4O3. The number of amides is 4. The molecule has 0 fully saturated rings. The standard InChI is InChI=1S/C17H18N4O3/c22-15(13-7-3-1-4-8-13)18-11-20-17(24)21-12-19-16(23)14-9-5-2-6-10-14/h1-10H,11-12H2,(H,18,22)(H,19,23)(H2,20,21,24). The van der Waals surface area contributed by atoms with E-state index in [1.54, 1.807) is 48.5 Å². The fraction of sp³-hybridized carbons (Fsp3) is 0.118. The summed E-state index contributed by atoms with van der Waals surface area (Å²) in [6.07, 6.45) is 0. The largest absolute Gasteiger partial charge is 0.335 e. The molecule has 0 aromatic heterocycles. The van der Waals surface area contributed by atoms with Gasteiger partial charge in [0.15, 0.2) is 0 Å². The Kier molecular flexibility index (Phi) is 6.34. The molecule has 0 saturated heterocycles. The summed E-state index contributed by atoms with van der Waals surface area (Å²) in [7, 11) is 0. The minimum atomic E-state index is -0.503. The summed E-state index contributed by atoms with van der Waals surface area (Å²) in [4.78, 5) is 35.0. The number of nitrogens with one attached hydrogen (secondary N) is 4. The minimum Gasteiger partial charge on any atom is -0.335 e. The van der Waals surface area contributed by atoms with E-state index in [1.807, 2.05) is 12.1 Å². The maximum Gasteiger partial charge on any atom is 0.317 e. The van der Waals surface area contributed by atoms with Gasteiger partial charge in [-0.3, -0.25) is 9.59 Å². The first-order valence-corrected chi connectivity index (χ1v) is 7.35. The molecule has 2 aromatic rings. The summed E-state index contributed by atoms with van der Waals surface area (Å²) in [5, 5.41) is 10.0. The van der Waals surface area contributed by atoms with Gasteiger partial charge in [-0.25, -0.2) is 4.79 Å². The lowest BCUT2D eigenvalue weighted by Gasteiger charge is -2.10. The van der Waals surface area contributed by atoms with E-state index in [4.69, 9.17) is 0 Å². The van der Waals surface area contributed by atoms with E-state index >= 15 is 0 Å². The van der Waals surface area contributed by atoms with Crippen molar-refractivity contribution in [1.82, 2.24) is 21.3 Å². The second-order valence-corrected chi connectivity index (χ2v) is 4.78. The summed E-state index contributed by atoms with van der Waals surface area (Å²) in [6.45, 7) is -0.0433. The van der Waals surface area contributed by atoms with Crippen molar-refractivity contribution in [3.05, 3.63) is 71.8 Å². The van der Waals surface area contributed by atoms with Crippen LogP contribution in [-0.2, 0) is 0 Å². The van der Waals surface area contributed by atoms with Crippen molar-refractivity contribution in [2.75, 3.05) is 13.3 Å². The molecular weight excluding hydrogens is 308 g/mol. The number of hydrogen-bond donors (Lipinski definition) is 4. The zero-order valence-electron chi connectivity index (χ0n) is 12.9. The van der Waals surface area contributed by atoms with E-state index in [-0.39, 0.29) is 25.2 Å². The molecule has 7 heteroatoms.